The van der Waals surface area contributed by atoms with E-state index in [1.54, 1.807) is 6.33 Å². The fourth-order valence-electron chi connectivity index (χ4n) is 4.08. The predicted octanol–water partition coefficient (Wildman–Crippen LogP) is 2.37. The van der Waals surface area contributed by atoms with Crippen molar-refractivity contribution in [1.82, 2.24) is 34.9 Å². The third-order valence-corrected chi connectivity index (χ3v) is 5.75. The quantitative estimate of drug-likeness (QED) is 0.581. The molecule has 31 heavy (non-hydrogen) atoms. The van der Waals surface area contributed by atoms with Crippen LogP contribution in [-0.2, 0) is 6.54 Å². The second-order valence-corrected chi connectivity index (χ2v) is 8.46. The molecule has 3 N–H and O–H groups in total. The van der Waals surface area contributed by atoms with E-state index in [4.69, 9.17) is 9.72 Å². The van der Waals surface area contributed by atoms with Crippen molar-refractivity contribution >= 4 is 5.70 Å². The Kier molecular flexibility index (Phi) is 4.70. The molecule has 0 amide bonds. The third kappa shape index (κ3) is 3.44. The molecule has 4 heterocycles. The molecule has 1 aromatic carbocycles. The SMILES string of the molecule is CC(C)n1ncnc1-c1cn2c(n1)-c1ccc(C3=CNC(C)(CCO)N3)cc1OCC2. The van der Waals surface area contributed by atoms with Crippen LogP contribution in [0.2, 0.25) is 0 Å². The molecule has 0 radical (unpaired) electrons. The molecular weight excluding hydrogens is 394 g/mol. The number of benzene rings is 1. The van der Waals surface area contributed by atoms with Gasteiger partial charge in [-0.2, -0.15) is 5.10 Å². The molecular formula is C22H27N7O2. The van der Waals surface area contributed by atoms with Gasteiger partial charge in [0.2, 0.25) is 0 Å². The van der Waals surface area contributed by atoms with Crippen molar-refractivity contribution in [3.05, 3.63) is 42.5 Å². The number of aliphatic hydroxyl groups is 1. The van der Waals surface area contributed by atoms with Gasteiger partial charge >= 0.3 is 0 Å². The second-order valence-electron chi connectivity index (χ2n) is 8.46. The highest BCUT2D eigenvalue weighted by atomic mass is 16.5. The zero-order valence-corrected chi connectivity index (χ0v) is 18.0. The van der Waals surface area contributed by atoms with Crippen molar-refractivity contribution < 1.29 is 9.84 Å². The van der Waals surface area contributed by atoms with E-state index in [0.717, 1.165) is 39.9 Å². The first kappa shape index (κ1) is 19.6. The van der Waals surface area contributed by atoms with Crippen molar-refractivity contribution in [3.8, 4) is 28.7 Å². The van der Waals surface area contributed by atoms with Gasteiger partial charge in [0.05, 0.1) is 17.8 Å². The number of rotatable bonds is 5. The van der Waals surface area contributed by atoms with Crippen molar-refractivity contribution in [1.29, 1.82) is 0 Å². The fraction of sp³-hybridized carbons (Fsp3) is 0.409. The van der Waals surface area contributed by atoms with Gasteiger partial charge in [-0.1, -0.05) is 6.07 Å². The van der Waals surface area contributed by atoms with Gasteiger partial charge < -0.3 is 25.0 Å². The van der Waals surface area contributed by atoms with Crippen LogP contribution in [0.3, 0.4) is 0 Å². The van der Waals surface area contributed by atoms with Gasteiger partial charge in [0.15, 0.2) is 5.82 Å². The summed E-state index contributed by atoms with van der Waals surface area (Å²) in [7, 11) is 0. The molecule has 0 aliphatic carbocycles. The van der Waals surface area contributed by atoms with E-state index < -0.39 is 0 Å². The average molecular weight is 422 g/mol. The summed E-state index contributed by atoms with van der Waals surface area (Å²) in [6.07, 6.45) is 6.15. The van der Waals surface area contributed by atoms with Gasteiger partial charge in [-0.05, 0) is 32.9 Å². The zero-order chi connectivity index (χ0) is 21.6. The Bertz CT molecular complexity index is 1150. The molecule has 0 saturated carbocycles. The van der Waals surface area contributed by atoms with Crippen LogP contribution < -0.4 is 15.4 Å². The Labute approximate surface area is 180 Å². The molecule has 2 aliphatic rings. The second kappa shape index (κ2) is 7.42. The van der Waals surface area contributed by atoms with Crippen molar-refractivity contribution in [2.24, 2.45) is 0 Å². The van der Waals surface area contributed by atoms with E-state index in [1.165, 1.54) is 0 Å². The molecule has 0 spiro atoms. The molecule has 9 heteroatoms. The van der Waals surface area contributed by atoms with Gasteiger partial charge in [0.25, 0.3) is 0 Å². The van der Waals surface area contributed by atoms with E-state index in [-0.39, 0.29) is 18.3 Å². The number of aliphatic hydroxyl groups excluding tert-OH is 1. The van der Waals surface area contributed by atoms with Crippen LogP contribution in [-0.4, -0.2) is 48.3 Å². The van der Waals surface area contributed by atoms with Crippen LogP contribution in [0.1, 0.15) is 38.8 Å². The molecule has 162 valence electrons. The van der Waals surface area contributed by atoms with Crippen LogP contribution in [0.5, 0.6) is 5.75 Å². The van der Waals surface area contributed by atoms with Crippen LogP contribution in [0.15, 0.2) is 36.9 Å². The molecule has 5 rings (SSSR count). The number of imidazole rings is 1. The van der Waals surface area contributed by atoms with Gasteiger partial charge in [-0.3, -0.25) is 0 Å². The fourth-order valence-corrected chi connectivity index (χ4v) is 4.08. The predicted molar refractivity (Wildman–Crippen MR) is 117 cm³/mol. The number of hydrogen-bond donors (Lipinski definition) is 3. The summed E-state index contributed by atoms with van der Waals surface area (Å²) in [5.41, 5.74) is 3.40. The number of nitrogens with zero attached hydrogens (tertiary/aromatic N) is 5. The maximum Gasteiger partial charge on any atom is 0.178 e. The largest absolute Gasteiger partial charge is 0.491 e. The van der Waals surface area contributed by atoms with Gasteiger partial charge in [0.1, 0.15) is 35.9 Å². The van der Waals surface area contributed by atoms with E-state index >= 15 is 0 Å². The van der Waals surface area contributed by atoms with Crippen LogP contribution in [0, 0.1) is 0 Å². The summed E-state index contributed by atoms with van der Waals surface area (Å²) in [4.78, 5) is 9.33. The van der Waals surface area contributed by atoms with E-state index in [9.17, 15) is 5.11 Å². The minimum Gasteiger partial charge on any atom is -0.491 e. The maximum atomic E-state index is 9.31. The first-order valence-electron chi connectivity index (χ1n) is 10.6. The van der Waals surface area contributed by atoms with Crippen molar-refractivity contribution in [2.75, 3.05) is 13.2 Å². The average Bonchev–Trinajstić information content (AvgIpc) is 3.45. The minimum absolute atomic E-state index is 0.112. The standard InChI is InChI=1S/C22H27N7O2/c1-14(2)29-21(23-13-25-29)18-12-28-7-9-31-19-10-15(4-5-16(19)20(28)26-18)17-11-24-22(3,27-17)6-8-30/h4-5,10-14,24,27,30H,6-9H2,1-3H3. The summed E-state index contributed by atoms with van der Waals surface area (Å²) < 4.78 is 10.1. The Hall–Kier alpha value is -3.33. The number of nitrogens with one attached hydrogen (secondary N) is 2. The van der Waals surface area contributed by atoms with E-state index in [0.29, 0.717) is 19.6 Å². The molecule has 1 unspecified atom stereocenters. The number of fused-ring (bicyclic) bond motifs is 3. The van der Waals surface area contributed by atoms with Crippen LogP contribution in [0.4, 0.5) is 0 Å². The van der Waals surface area contributed by atoms with Crippen LogP contribution in [0.25, 0.3) is 28.6 Å². The molecule has 1 atom stereocenters. The normalized spacial score (nSPS) is 19.7. The Morgan fingerprint density at radius 2 is 2.16 bits per heavy atom. The highest BCUT2D eigenvalue weighted by Gasteiger charge is 2.29. The monoisotopic (exact) mass is 421 g/mol. The highest BCUT2D eigenvalue weighted by Crippen LogP contribution is 2.36. The lowest BCUT2D eigenvalue weighted by atomic mass is 10.1. The van der Waals surface area contributed by atoms with Gasteiger partial charge in [0, 0.05) is 37.0 Å². The Morgan fingerprint density at radius 1 is 1.29 bits per heavy atom. The molecule has 0 saturated heterocycles. The Balaban J connectivity index is 1.49. The highest BCUT2D eigenvalue weighted by molar-refractivity contribution is 5.74. The number of aromatic nitrogens is 5. The topological polar surface area (TPSA) is 102 Å². The Morgan fingerprint density at radius 3 is 2.97 bits per heavy atom. The first-order chi connectivity index (χ1) is 15.0. The summed E-state index contributed by atoms with van der Waals surface area (Å²) >= 11 is 0. The van der Waals surface area contributed by atoms with E-state index in [1.807, 2.05) is 30.1 Å². The van der Waals surface area contributed by atoms with E-state index in [2.05, 4.69) is 51.3 Å². The summed E-state index contributed by atoms with van der Waals surface area (Å²) in [5.74, 6) is 2.44. The lowest BCUT2D eigenvalue weighted by molar-refractivity contribution is 0.226. The smallest absolute Gasteiger partial charge is 0.178 e. The molecule has 9 nitrogen and oxygen atoms in total. The minimum atomic E-state index is -0.352. The molecule has 2 aromatic heterocycles. The van der Waals surface area contributed by atoms with Crippen LogP contribution >= 0.6 is 0 Å². The third-order valence-electron chi connectivity index (χ3n) is 5.75. The van der Waals surface area contributed by atoms with Crippen molar-refractivity contribution in [2.45, 2.75) is 45.4 Å². The molecule has 3 aromatic rings. The summed E-state index contributed by atoms with van der Waals surface area (Å²) in [6.45, 7) is 7.57. The number of hydrogen-bond acceptors (Lipinski definition) is 7. The first-order valence-corrected chi connectivity index (χ1v) is 10.6. The molecule has 0 bridgehead atoms. The molecule has 2 aliphatic heterocycles. The summed E-state index contributed by atoms with van der Waals surface area (Å²) in [6, 6.07) is 6.36. The van der Waals surface area contributed by atoms with Crippen molar-refractivity contribution in [3.63, 3.8) is 0 Å². The summed E-state index contributed by atoms with van der Waals surface area (Å²) in [5, 5.41) is 20.4. The lowest BCUT2D eigenvalue weighted by Gasteiger charge is -2.26. The number of ether oxygens (including phenoxy) is 1. The lowest BCUT2D eigenvalue weighted by Crippen LogP contribution is -2.47. The molecule has 0 fully saturated rings. The maximum absolute atomic E-state index is 9.31. The van der Waals surface area contributed by atoms with Gasteiger partial charge in [-0.15, -0.1) is 0 Å². The zero-order valence-electron chi connectivity index (χ0n) is 18.0. The van der Waals surface area contributed by atoms with Gasteiger partial charge in [-0.25, -0.2) is 14.6 Å².